The van der Waals surface area contributed by atoms with Crippen LogP contribution in [0.2, 0.25) is 0 Å². The predicted molar refractivity (Wildman–Crippen MR) is 214 cm³/mol. The summed E-state index contributed by atoms with van der Waals surface area (Å²) in [6.45, 7) is 4.76. The SMILES string of the molecule is CC1(C)c2cc3ccccc3cc2-c2cccc(-c3ccc(-c4cc(-c5ccc6ccccc6c5)nc(-c5ccccc5)n4)c4ccccc34)c21. The zero-order chi connectivity index (χ0) is 34.1. The molecule has 8 aromatic carbocycles. The van der Waals surface area contributed by atoms with Crippen molar-refractivity contribution in [2.45, 2.75) is 19.3 Å². The fraction of sp³-hybridized carbons (Fsp3) is 0.0612. The summed E-state index contributed by atoms with van der Waals surface area (Å²) in [6.07, 6.45) is 0. The highest BCUT2D eigenvalue weighted by molar-refractivity contribution is 6.07. The third kappa shape index (κ3) is 4.71. The van der Waals surface area contributed by atoms with Crippen molar-refractivity contribution in [3.63, 3.8) is 0 Å². The first-order chi connectivity index (χ1) is 25.0. The third-order valence-electron chi connectivity index (χ3n) is 10.8. The lowest BCUT2D eigenvalue weighted by Crippen LogP contribution is -2.16. The number of fused-ring (bicyclic) bond motifs is 6. The van der Waals surface area contributed by atoms with Gasteiger partial charge in [-0.05, 0) is 90.0 Å². The van der Waals surface area contributed by atoms with Gasteiger partial charge in [-0.3, -0.25) is 0 Å². The smallest absolute Gasteiger partial charge is 0.160 e. The molecule has 2 heteroatoms. The van der Waals surface area contributed by atoms with E-state index in [1.165, 1.54) is 65.7 Å². The Kier molecular flexibility index (Phi) is 6.56. The van der Waals surface area contributed by atoms with Gasteiger partial charge in [0, 0.05) is 22.1 Å². The van der Waals surface area contributed by atoms with Gasteiger partial charge in [0.25, 0.3) is 0 Å². The second kappa shape index (κ2) is 11.3. The summed E-state index contributed by atoms with van der Waals surface area (Å²) in [6, 6.07) is 61.2. The van der Waals surface area contributed by atoms with Gasteiger partial charge in [-0.15, -0.1) is 0 Å². The summed E-state index contributed by atoms with van der Waals surface area (Å²) in [4.78, 5) is 10.4. The molecule has 0 fully saturated rings. The second-order valence-electron chi connectivity index (χ2n) is 14.2. The lowest BCUT2D eigenvalue weighted by atomic mass is 9.78. The van der Waals surface area contributed by atoms with Gasteiger partial charge < -0.3 is 0 Å². The van der Waals surface area contributed by atoms with Crippen LogP contribution in [0.4, 0.5) is 0 Å². The van der Waals surface area contributed by atoms with Crippen molar-refractivity contribution >= 4 is 32.3 Å². The zero-order valence-corrected chi connectivity index (χ0v) is 28.6. The molecule has 1 aromatic heterocycles. The molecule has 0 N–H and O–H groups in total. The topological polar surface area (TPSA) is 25.8 Å². The largest absolute Gasteiger partial charge is 0.228 e. The molecule has 0 radical (unpaired) electrons. The molecule has 0 spiro atoms. The molecule has 0 aliphatic heterocycles. The Morgan fingerprint density at radius 3 is 1.73 bits per heavy atom. The van der Waals surface area contributed by atoms with Gasteiger partial charge in [-0.1, -0.05) is 159 Å². The van der Waals surface area contributed by atoms with Crippen LogP contribution < -0.4 is 0 Å². The van der Waals surface area contributed by atoms with Gasteiger partial charge in [0.2, 0.25) is 0 Å². The number of nitrogens with zero attached hydrogens (tertiary/aromatic N) is 2. The van der Waals surface area contributed by atoms with Crippen LogP contribution in [0.5, 0.6) is 0 Å². The van der Waals surface area contributed by atoms with Crippen LogP contribution in [-0.2, 0) is 5.41 Å². The molecular formula is C49H34N2. The normalized spacial score (nSPS) is 13.1. The van der Waals surface area contributed by atoms with Crippen LogP contribution in [0.15, 0.2) is 170 Å². The van der Waals surface area contributed by atoms with E-state index in [2.05, 4.69) is 166 Å². The maximum atomic E-state index is 5.24. The van der Waals surface area contributed by atoms with Crippen molar-refractivity contribution in [2.75, 3.05) is 0 Å². The minimum absolute atomic E-state index is 0.156. The molecule has 1 aliphatic carbocycles. The Labute approximate surface area is 297 Å². The first kappa shape index (κ1) is 29.5. The molecule has 0 amide bonds. The van der Waals surface area contributed by atoms with E-state index in [4.69, 9.17) is 9.97 Å². The van der Waals surface area contributed by atoms with Gasteiger partial charge in [-0.2, -0.15) is 0 Å². The first-order valence-corrected chi connectivity index (χ1v) is 17.7. The molecule has 0 saturated heterocycles. The quantitative estimate of drug-likeness (QED) is 0.189. The molecule has 10 rings (SSSR count). The standard InChI is InChI=1S/C49H34N2/c1-49(2)44-29-35-18-9-8-17-34(35)28-43(44)42-22-12-21-41(47(42)49)39-25-26-40(38-20-11-10-19-37(38)39)46-30-45(50-48(51-46)32-14-4-3-5-15-32)36-24-23-31-13-6-7-16-33(31)27-36/h3-30H,1-2H3. The monoisotopic (exact) mass is 650 g/mol. The lowest BCUT2D eigenvalue weighted by molar-refractivity contribution is 0.663. The van der Waals surface area contributed by atoms with E-state index in [0.29, 0.717) is 0 Å². The Balaban J connectivity index is 1.17. The van der Waals surface area contributed by atoms with E-state index < -0.39 is 0 Å². The molecule has 1 aliphatic rings. The molecule has 0 saturated carbocycles. The van der Waals surface area contributed by atoms with Crippen LogP contribution in [-0.4, -0.2) is 9.97 Å². The Bertz CT molecular complexity index is 2830. The maximum absolute atomic E-state index is 5.24. The Morgan fingerprint density at radius 2 is 0.961 bits per heavy atom. The number of rotatable bonds is 4. The lowest BCUT2D eigenvalue weighted by Gasteiger charge is -2.25. The van der Waals surface area contributed by atoms with Crippen LogP contribution in [0.25, 0.3) is 88.5 Å². The molecule has 240 valence electrons. The van der Waals surface area contributed by atoms with E-state index in [-0.39, 0.29) is 5.41 Å². The average Bonchev–Trinajstić information content (AvgIpc) is 3.41. The van der Waals surface area contributed by atoms with Gasteiger partial charge in [0.15, 0.2) is 5.82 Å². The minimum Gasteiger partial charge on any atom is -0.228 e. The predicted octanol–water partition coefficient (Wildman–Crippen LogP) is 12.9. The highest BCUT2D eigenvalue weighted by atomic mass is 14.9. The van der Waals surface area contributed by atoms with Crippen LogP contribution >= 0.6 is 0 Å². The van der Waals surface area contributed by atoms with Crippen molar-refractivity contribution < 1.29 is 0 Å². The summed E-state index contributed by atoms with van der Waals surface area (Å²) in [7, 11) is 0. The highest BCUT2D eigenvalue weighted by Gasteiger charge is 2.38. The Hall–Kier alpha value is -6.38. The van der Waals surface area contributed by atoms with Crippen molar-refractivity contribution in [2.24, 2.45) is 0 Å². The van der Waals surface area contributed by atoms with Gasteiger partial charge in [0.05, 0.1) is 11.4 Å². The summed E-state index contributed by atoms with van der Waals surface area (Å²) in [5.41, 5.74) is 12.8. The summed E-state index contributed by atoms with van der Waals surface area (Å²) in [5.74, 6) is 0.720. The van der Waals surface area contributed by atoms with E-state index in [1.54, 1.807) is 0 Å². The van der Waals surface area contributed by atoms with Gasteiger partial charge >= 0.3 is 0 Å². The van der Waals surface area contributed by atoms with Crippen LogP contribution in [0.3, 0.4) is 0 Å². The van der Waals surface area contributed by atoms with E-state index in [1.807, 2.05) is 18.2 Å². The van der Waals surface area contributed by atoms with Gasteiger partial charge in [0.1, 0.15) is 0 Å². The molecule has 0 unspecified atom stereocenters. The summed E-state index contributed by atoms with van der Waals surface area (Å²) in [5, 5.41) is 7.37. The number of hydrogen-bond donors (Lipinski definition) is 0. The molecule has 0 atom stereocenters. The minimum atomic E-state index is -0.156. The molecule has 0 bridgehead atoms. The van der Waals surface area contributed by atoms with E-state index >= 15 is 0 Å². The summed E-state index contributed by atoms with van der Waals surface area (Å²) >= 11 is 0. The number of hydrogen-bond acceptors (Lipinski definition) is 2. The molecule has 1 heterocycles. The van der Waals surface area contributed by atoms with E-state index in [9.17, 15) is 0 Å². The molecule has 2 nitrogen and oxygen atoms in total. The second-order valence-corrected chi connectivity index (χ2v) is 14.2. The van der Waals surface area contributed by atoms with E-state index in [0.717, 1.165) is 33.9 Å². The Morgan fingerprint density at radius 1 is 0.373 bits per heavy atom. The van der Waals surface area contributed by atoms with Crippen LogP contribution in [0, 0.1) is 0 Å². The van der Waals surface area contributed by atoms with Crippen LogP contribution in [0.1, 0.15) is 25.0 Å². The first-order valence-electron chi connectivity index (χ1n) is 17.7. The fourth-order valence-corrected chi connectivity index (χ4v) is 8.34. The molecular weight excluding hydrogens is 617 g/mol. The molecule has 9 aromatic rings. The fourth-order valence-electron chi connectivity index (χ4n) is 8.34. The number of benzene rings is 8. The average molecular weight is 651 g/mol. The van der Waals surface area contributed by atoms with Crippen molar-refractivity contribution in [3.8, 4) is 56.2 Å². The third-order valence-corrected chi connectivity index (χ3v) is 10.8. The summed E-state index contributed by atoms with van der Waals surface area (Å²) < 4.78 is 0. The highest BCUT2D eigenvalue weighted by Crippen LogP contribution is 2.54. The van der Waals surface area contributed by atoms with Gasteiger partial charge in [-0.25, -0.2) is 9.97 Å². The maximum Gasteiger partial charge on any atom is 0.160 e. The van der Waals surface area contributed by atoms with Crippen molar-refractivity contribution in [1.82, 2.24) is 9.97 Å². The zero-order valence-electron chi connectivity index (χ0n) is 28.6. The molecule has 51 heavy (non-hydrogen) atoms. The van der Waals surface area contributed by atoms with Crippen molar-refractivity contribution in [1.29, 1.82) is 0 Å². The van der Waals surface area contributed by atoms with Crippen molar-refractivity contribution in [3.05, 3.63) is 181 Å². The number of aromatic nitrogens is 2.